The van der Waals surface area contributed by atoms with E-state index in [1.54, 1.807) is 17.8 Å². The minimum Gasteiger partial charge on any atom is -0.465 e. The molecule has 0 aliphatic heterocycles. The van der Waals surface area contributed by atoms with Crippen molar-refractivity contribution in [2.45, 2.75) is 17.8 Å². The van der Waals surface area contributed by atoms with Crippen LogP contribution in [-0.4, -0.2) is 27.8 Å². The second-order valence-corrected chi connectivity index (χ2v) is 5.01. The lowest BCUT2D eigenvalue weighted by Gasteiger charge is -2.04. The molecule has 0 fully saturated rings. The van der Waals surface area contributed by atoms with Gasteiger partial charge in [0, 0.05) is 12.8 Å². The fourth-order valence-electron chi connectivity index (χ4n) is 1.57. The molecule has 0 radical (unpaired) electrons. The topological polar surface area (TPSA) is 57.0 Å². The summed E-state index contributed by atoms with van der Waals surface area (Å²) in [6, 6.07) is 7.40. The Labute approximate surface area is 116 Å². The molecule has 2 aromatic rings. The molecule has 1 aromatic carbocycles. The van der Waals surface area contributed by atoms with E-state index in [0.29, 0.717) is 5.56 Å². The van der Waals surface area contributed by atoms with Crippen molar-refractivity contribution < 1.29 is 9.53 Å². The predicted octanol–water partition coefficient (Wildman–Crippen LogP) is 2.20. The molecule has 0 spiro atoms. The Bertz CT molecular complexity index is 595. The SMILES string of the molecule is COC(=O)c1cccc(CSc2nnc(C)n2C)c1. The zero-order valence-corrected chi connectivity index (χ0v) is 11.9. The molecule has 0 unspecified atom stereocenters. The highest BCUT2D eigenvalue weighted by molar-refractivity contribution is 7.98. The second kappa shape index (κ2) is 5.88. The van der Waals surface area contributed by atoms with Crippen molar-refractivity contribution >= 4 is 17.7 Å². The first kappa shape index (κ1) is 13.6. The predicted molar refractivity (Wildman–Crippen MR) is 73.1 cm³/mol. The molecule has 0 amide bonds. The number of methoxy groups -OCH3 is 1. The van der Waals surface area contributed by atoms with E-state index < -0.39 is 0 Å². The molecule has 5 nitrogen and oxygen atoms in total. The van der Waals surface area contributed by atoms with Crippen LogP contribution in [0.4, 0.5) is 0 Å². The van der Waals surface area contributed by atoms with Gasteiger partial charge in [-0.05, 0) is 24.6 Å². The van der Waals surface area contributed by atoms with Gasteiger partial charge >= 0.3 is 5.97 Å². The van der Waals surface area contributed by atoms with E-state index in [-0.39, 0.29) is 5.97 Å². The molecule has 0 saturated heterocycles. The summed E-state index contributed by atoms with van der Waals surface area (Å²) in [5.74, 6) is 1.30. The molecule has 2 rings (SSSR count). The van der Waals surface area contributed by atoms with Gasteiger partial charge in [0.2, 0.25) is 0 Å². The number of nitrogens with zero attached hydrogens (tertiary/aromatic N) is 3. The largest absolute Gasteiger partial charge is 0.465 e. The Morgan fingerprint density at radius 1 is 1.42 bits per heavy atom. The maximum absolute atomic E-state index is 11.4. The number of carbonyl (C=O) groups is 1. The summed E-state index contributed by atoms with van der Waals surface area (Å²) < 4.78 is 6.64. The molecule has 0 aliphatic rings. The van der Waals surface area contributed by atoms with E-state index in [1.807, 2.05) is 36.7 Å². The van der Waals surface area contributed by atoms with E-state index in [4.69, 9.17) is 4.74 Å². The van der Waals surface area contributed by atoms with Crippen LogP contribution < -0.4 is 0 Å². The lowest BCUT2D eigenvalue weighted by atomic mass is 10.1. The van der Waals surface area contributed by atoms with Crippen molar-refractivity contribution in [3.8, 4) is 0 Å². The number of esters is 1. The quantitative estimate of drug-likeness (QED) is 0.633. The molecule has 1 aromatic heterocycles. The van der Waals surface area contributed by atoms with Gasteiger partial charge in [0.1, 0.15) is 5.82 Å². The van der Waals surface area contributed by atoms with Crippen molar-refractivity contribution in [3.05, 3.63) is 41.2 Å². The van der Waals surface area contributed by atoms with Gasteiger partial charge in [-0.1, -0.05) is 23.9 Å². The molecular weight excluding hydrogens is 262 g/mol. The number of ether oxygens (including phenoxy) is 1. The highest BCUT2D eigenvalue weighted by Gasteiger charge is 2.08. The van der Waals surface area contributed by atoms with Crippen LogP contribution in [0.5, 0.6) is 0 Å². The van der Waals surface area contributed by atoms with Crippen LogP contribution in [0.15, 0.2) is 29.4 Å². The normalized spacial score (nSPS) is 10.5. The summed E-state index contributed by atoms with van der Waals surface area (Å²) in [6.45, 7) is 1.91. The van der Waals surface area contributed by atoms with Gasteiger partial charge < -0.3 is 9.30 Å². The Balaban J connectivity index is 2.07. The third-order valence-corrected chi connectivity index (χ3v) is 3.86. The van der Waals surface area contributed by atoms with Crippen molar-refractivity contribution in [3.63, 3.8) is 0 Å². The van der Waals surface area contributed by atoms with Gasteiger partial charge in [0.05, 0.1) is 12.7 Å². The maximum Gasteiger partial charge on any atom is 0.337 e. The third kappa shape index (κ3) is 3.14. The summed E-state index contributed by atoms with van der Waals surface area (Å²) in [4.78, 5) is 11.4. The fraction of sp³-hybridized carbons (Fsp3) is 0.308. The summed E-state index contributed by atoms with van der Waals surface area (Å²) in [6.07, 6.45) is 0. The number of hydrogen-bond donors (Lipinski definition) is 0. The number of benzene rings is 1. The van der Waals surface area contributed by atoms with E-state index in [9.17, 15) is 4.79 Å². The average Bonchev–Trinajstić information content (AvgIpc) is 2.76. The molecule has 0 N–H and O–H groups in total. The van der Waals surface area contributed by atoms with E-state index in [1.165, 1.54) is 7.11 Å². The lowest BCUT2D eigenvalue weighted by molar-refractivity contribution is 0.0600. The second-order valence-electron chi connectivity index (χ2n) is 4.07. The first-order valence-corrected chi connectivity index (χ1v) is 6.76. The Kier molecular flexibility index (Phi) is 4.21. The zero-order valence-electron chi connectivity index (χ0n) is 11.1. The highest BCUT2D eigenvalue weighted by atomic mass is 32.2. The molecule has 0 saturated carbocycles. The highest BCUT2D eigenvalue weighted by Crippen LogP contribution is 2.21. The zero-order chi connectivity index (χ0) is 13.8. The molecule has 1 heterocycles. The van der Waals surface area contributed by atoms with Crippen molar-refractivity contribution in [1.29, 1.82) is 0 Å². The number of hydrogen-bond acceptors (Lipinski definition) is 5. The first-order valence-electron chi connectivity index (χ1n) is 5.78. The van der Waals surface area contributed by atoms with Gasteiger partial charge in [-0.15, -0.1) is 10.2 Å². The molecule has 0 aliphatic carbocycles. The number of rotatable bonds is 4. The molecule has 0 atom stereocenters. The van der Waals surface area contributed by atoms with Gasteiger partial charge in [-0.2, -0.15) is 0 Å². The van der Waals surface area contributed by atoms with E-state index >= 15 is 0 Å². The van der Waals surface area contributed by atoms with Crippen molar-refractivity contribution in [2.24, 2.45) is 7.05 Å². The Morgan fingerprint density at radius 3 is 2.84 bits per heavy atom. The summed E-state index contributed by atoms with van der Waals surface area (Å²) in [7, 11) is 3.31. The molecule has 100 valence electrons. The Morgan fingerprint density at radius 2 is 2.21 bits per heavy atom. The van der Waals surface area contributed by atoms with E-state index in [0.717, 1.165) is 22.3 Å². The van der Waals surface area contributed by atoms with Crippen molar-refractivity contribution in [2.75, 3.05) is 7.11 Å². The van der Waals surface area contributed by atoms with Crippen LogP contribution in [0.2, 0.25) is 0 Å². The molecule has 19 heavy (non-hydrogen) atoms. The fourth-order valence-corrected chi connectivity index (χ4v) is 2.47. The smallest absolute Gasteiger partial charge is 0.337 e. The van der Waals surface area contributed by atoms with Gasteiger partial charge in [0.15, 0.2) is 5.16 Å². The minimum absolute atomic E-state index is 0.318. The van der Waals surface area contributed by atoms with E-state index in [2.05, 4.69) is 10.2 Å². The summed E-state index contributed by atoms with van der Waals surface area (Å²) in [5, 5.41) is 8.96. The third-order valence-electron chi connectivity index (χ3n) is 2.77. The minimum atomic E-state index is -0.318. The van der Waals surface area contributed by atoms with Crippen LogP contribution in [-0.2, 0) is 17.5 Å². The average molecular weight is 277 g/mol. The lowest BCUT2D eigenvalue weighted by Crippen LogP contribution is -2.01. The van der Waals surface area contributed by atoms with Gasteiger partial charge in [-0.25, -0.2) is 4.79 Å². The number of aromatic nitrogens is 3. The molecular formula is C13H15N3O2S. The summed E-state index contributed by atoms with van der Waals surface area (Å²) >= 11 is 1.59. The number of aryl methyl sites for hydroxylation is 1. The Hall–Kier alpha value is -1.82. The number of thioether (sulfide) groups is 1. The molecule has 6 heteroatoms. The monoisotopic (exact) mass is 277 g/mol. The van der Waals surface area contributed by atoms with Gasteiger partial charge in [0.25, 0.3) is 0 Å². The first-order chi connectivity index (χ1) is 9.11. The van der Waals surface area contributed by atoms with Crippen LogP contribution >= 0.6 is 11.8 Å². The van der Waals surface area contributed by atoms with Crippen LogP contribution in [0.25, 0.3) is 0 Å². The van der Waals surface area contributed by atoms with Crippen LogP contribution in [0, 0.1) is 6.92 Å². The molecule has 0 bridgehead atoms. The maximum atomic E-state index is 11.4. The van der Waals surface area contributed by atoms with Crippen LogP contribution in [0.3, 0.4) is 0 Å². The van der Waals surface area contributed by atoms with Gasteiger partial charge in [-0.3, -0.25) is 0 Å². The number of carbonyl (C=O) groups excluding carboxylic acids is 1. The van der Waals surface area contributed by atoms with Crippen molar-refractivity contribution in [1.82, 2.24) is 14.8 Å². The standard InChI is InChI=1S/C13H15N3O2S/c1-9-14-15-13(16(9)2)19-8-10-5-4-6-11(7-10)12(17)18-3/h4-7H,8H2,1-3H3. The summed E-state index contributed by atoms with van der Waals surface area (Å²) in [5.41, 5.74) is 1.61. The van der Waals surface area contributed by atoms with Crippen LogP contribution in [0.1, 0.15) is 21.7 Å².